The van der Waals surface area contributed by atoms with E-state index in [1.807, 2.05) is 35.6 Å². The number of carbonyl (C=O) groups excluding carboxylic acids is 1. The average Bonchev–Trinajstić information content (AvgIpc) is 3.37. The fourth-order valence-corrected chi connectivity index (χ4v) is 3.36. The molecule has 1 atom stereocenters. The Labute approximate surface area is 147 Å². The van der Waals surface area contributed by atoms with E-state index in [1.165, 1.54) is 12.8 Å². The number of rotatable bonds is 6. The van der Waals surface area contributed by atoms with Crippen LogP contribution in [0.25, 0.3) is 0 Å². The molecule has 0 aromatic carbocycles. The molecule has 0 saturated heterocycles. The van der Waals surface area contributed by atoms with E-state index in [9.17, 15) is 4.79 Å². The standard InChI is InChI=1S/C19H24N4O2/c24-19(7-15-4-5-15)22-9-16(10-23-14-20-8-18(23)11-22)12-25-13-17-3-1-2-6-21-17/h1-3,6,8,14-16H,4-5,7,9-13H2. The van der Waals surface area contributed by atoms with Crippen molar-refractivity contribution in [2.75, 3.05) is 13.2 Å². The smallest absolute Gasteiger partial charge is 0.223 e. The Hall–Kier alpha value is -2.21. The van der Waals surface area contributed by atoms with Gasteiger partial charge in [0.05, 0.1) is 37.5 Å². The summed E-state index contributed by atoms with van der Waals surface area (Å²) in [4.78, 5) is 23.1. The molecule has 1 amide bonds. The van der Waals surface area contributed by atoms with Crippen LogP contribution in [0.15, 0.2) is 36.9 Å². The summed E-state index contributed by atoms with van der Waals surface area (Å²) in [7, 11) is 0. The Kier molecular flexibility index (Phi) is 4.78. The molecule has 1 saturated carbocycles. The van der Waals surface area contributed by atoms with Crippen LogP contribution in [0.3, 0.4) is 0 Å². The molecule has 2 aromatic heterocycles. The van der Waals surface area contributed by atoms with Gasteiger partial charge < -0.3 is 14.2 Å². The van der Waals surface area contributed by atoms with E-state index >= 15 is 0 Å². The molecule has 0 radical (unpaired) electrons. The van der Waals surface area contributed by atoms with Crippen molar-refractivity contribution in [2.45, 2.75) is 39.0 Å². The van der Waals surface area contributed by atoms with Crippen LogP contribution in [0.4, 0.5) is 0 Å². The molecule has 6 nitrogen and oxygen atoms in total. The van der Waals surface area contributed by atoms with Gasteiger partial charge in [-0.3, -0.25) is 9.78 Å². The van der Waals surface area contributed by atoms with Crippen LogP contribution in [0.1, 0.15) is 30.7 Å². The molecule has 0 N–H and O–H groups in total. The largest absolute Gasteiger partial charge is 0.375 e. The highest BCUT2D eigenvalue weighted by molar-refractivity contribution is 5.76. The lowest BCUT2D eigenvalue weighted by Gasteiger charge is -2.24. The Balaban J connectivity index is 1.38. The number of imidazole rings is 1. The lowest BCUT2D eigenvalue weighted by molar-refractivity contribution is -0.133. The van der Waals surface area contributed by atoms with E-state index in [0.29, 0.717) is 32.1 Å². The van der Waals surface area contributed by atoms with Crippen molar-refractivity contribution < 1.29 is 9.53 Å². The maximum absolute atomic E-state index is 12.6. The van der Waals surface area contributed by atoms with E-state index < -0.39 is 0 Å². The Morgan fingerprint density at radius 1 is 1.24 bits per heavy atom. The molecule has 0 spiro atoms. The topological polar surface area (TPSA) is 60.2 Å². The van der Waals surface area contributed by atoms with Gasteiger partial charge in [-0.05, 0) is 30.9 Å². The summed E-state index contributed by atoms with van der Waals surface area (Å²) < 4.78 is 8.05. The first-order valence-corrected chi connectivity index (χ1v) is 9.02. The number of amides is 1. The highest BCUT2D eigenvalue weighted by Gasteiger charge is 2.30. The van der Waals surface area contributed by atoms with Crippen LogP contribution < -0.4 is 0 Å². The van der Waals surface area contributed by atoms with E-state index in [-0.39, 0.29) is 11.8 Å². The molecule has 1 fully saturated rings. The van der Waals surface area contributed by atoms with Crippen LogP contribution in [0.2, 0.25) is 0 Å². The second-order valence-electron chi connectivity index (χ2n) is 7.16. The van der Waals surface area contributed by atoms with Crippen molar-refractivity contribution in [3.05, 3.63) is 48.3 Å². The molecule has 1 unspecified atom stereocenters. The highest BCUT2D eigenvalue weighted by atomic mass is 16.5. The summed E-state index contributed by atoms with van der Waals surface area (Å²) in [6, 6.07) is 5.83. The van der Waals surface area contributed by atoms with Gasteiger partial charge in [-0.25, -0.2) is 4.98 Å². The molecule has 4 rings (SSSR count). The van der Waals surface area contributed by atoms with Crippen LogP contribution in [-0.2, 0) is 29.2 Å². The first-order chi connectivity index (χ1) is 12.3. The Morgan fingerprint density at radius 3 is 2.96 bits per heavy atom. The first-order valence-electron chi connectivity index (χ1n) is 9.02. The monoisotopic (exact) mass is 340 g/mol. The van der Waals surface area contributed by atoms with Gasteiger partial charge in [0.25, 0.3) is 0 Å². The van der Waals surface area contributed by atoms with E-state index in [0.717, 1.165) is 24.5 Å². The number of ether oxygens (including phenoxy) is 1. The van der Waals surface area contributed by atoms with Crippen molar-refractivity contribution in [3.8, 4) is 0 Å². The zero-order chi connectivity index (χ0) is 17.1. The number of hydrogen-bond acceptors (Lipinski definition) is 4. The molecule has 25 heavy (non-hydrogen) atoms. The Morgan fingerprint density at radius 2 is 2.16 bits per heavy atom. The summed E-state index contributed by atoms with van der Waals surface area (Å²) in [5, 5.41) is 0. The molecular formula is C19H24N4O2. The van der Waals surface area contributed by atoms with Gasteiger partial charge in [0, 0.05) is 37.8 Å². The maximum atomic E-state index is 12.6. The number of hydrogen-bond donors (Lipinski definition) is 0. The third kappa shape index (κ3) is 4.25. The number of fused-ring (bicyclic) bond motifs is 1. The molecule has 132 valence electrons. The molecule has 2 aromatic rings. The highest BCUT2D eigenvalue weighted by Crippen LogP contribution is 2.33. The molecular weight excluding hydrogens is 316 g/mol. The molecule has 1 aliphatic carbocycles. The van der Waals surface area contributed by atoms with Crippen molar-refractivity contribution >= 4 is 5.91 Å². The summed E-state index contributed by atoms with van der Waals surface area (Å²) in [6.07, 6.45) is 8.60. The second kappa shape index (κ2) is 7.35. The van der Waals surface area contributed by atoms with E-state index in [2.05, 4.69) is 14.5 Å². The van der Waals surface area contributed by atoms with Gasteiger partial charge in [-0.2, -0.15) is 0 Å². The van der Waals surface area contributed by atoms with Crippen molar-refractivity contribution in [1.29, 1.82) is 0 Å². The third-order valence-corrected chi connectivity index (χ3v) is 4.93. The zero-order valence-electron chi connectivity index (χ0n) is 14.4. The Bertz CT molecular complexity index is 711. The van der Waals surface area contributed by atoms with E-state index in [4.69, 9.17) is 4.74 Å². The first kappa shape index (κ1) is 16.3. The van der Waals surface area contributed by atoms with Crippen molar-refractivity contribution in [1.82, 2.24) is 19.4 Å². The molecule has 2 aliphatic rings. The average molecular weight is 340 g/mol. The second-order valence-corrected chi connectivity index (χ2v) is 7.16. The van der Waals surface area contributed by atoms with Crippen LogP contribution in [0.5, 0.6) is 0 Å². The molecule has 0 bridgehead atoms. The molecule has 3 heterocycles. The van der Waals surface area contributed by atoms with Crippen LogP contribution >= 0.6 is 0 Å². The van der Waals surface area contributed by atoms with Gasteiger partial charge >= 0.3 is 0 Å². The van der Waals surface area contributed by atoms with Crippen molar-refractivity contribution in [2.24, 2.45) is 11.8 Å². The number of aromatic nitrogens is 3. The number of pyridine rings is 1. The third-order valence-electron chi connectivity index (χ3n) is 4.93. The minimum Gasteiger partial charge on any atom is -0.375 e. The summed E-state index contributed by atoms with van der Waals surface area (Å²) in [5.74, 6) is 1.15. The van der Waals surface area contributed by atoms with E-state index in [1.54, 1.807) is 6.20 Å². The van der Waals surface area contributed by atoms with Gasteiger partial charge in [-0.15, -0.1) is 0 Å². The van der Waals surface area contributed by atoms with Crippen LogP contribution in [-0.4, -0.2) is 38.5 Å². The summed E-state index contributed by atoms with van der Waals surface area (Å²) >= 11 is 0. The minimum atomic E-state index is 0.266. The predicted molar refractivity (Wildman–Crippen MR) is 92.4 cm³/mol. The zero-order valence-corrected chi connectivity index (χ0v) is 14.4. The quantitative estimate of drug-likeness (QED) is 0.809. The van der Waals surface area contributed by atoms with Crippen molar-refractivity contribution in [3.63, 3.8) is 0 Å². The van der Waals surface area contributed by atoms with Gasteiger partial charge in [-0.1, -0.05) is 6.07 Å². The fourth-order valence-electron chi connectivity index (χ4n) is 3.36. The van der Waals surface area contributed by atoms with Crippen LogP contribution in [0, 0.1) is 11.8 Å². The summed E-state index contributed by atoms with van der Waals surface area (Å²) in [5.41, 5.74) is 2.04. The van der Waals surface area contributed by atoms with Gasteiger partial charge in [0.15, 0.2) is 0 Å². The fraction of sp³-hybridized carbons (Fsp3) is 0.526. The van der Waals surface area contributed by atoms with Gasteiger partial charge in [0.2, 0.25) is 5.91 Å². The SMILES string of the molecule is O=C(CC1CC1)N1Cc2cncn2CC(COCc2ccccn2)C1. The minimum absolute atomic E-state index is 0.266. The number of nitrogens with zero attached hydrogens (tertiary/aromatic N) is 4. The molecule has 1 aliphatic heterocycles. The van der Waals surface area contributed by atoms with Gasteiger partial charge in [0.1, 0.15) is 0 Å². The normalized spacial score (nSPS) is 20.2. The lowest BCUT2D eigenvalue weighted by Crippen LogP contribution is -2.35. The number of carbonyl (C=O) groups is 1. The predicted octanol–water partition coefficient (Wildman–Crippen LogP) is 2.25. The molecule has 6 heteroatoms. The lowest BCUT2D eigenvalue weighted by atomic mass is 10.1. The maximum Gasteiger partial charge on any atom is 0.223 e. The summed E-state index contributed by atoms with van der Waals surface area (Å²) in [6.45, 7) is 3.36.